The molecule has 2 heterocycles. The summed E-state index contributed by atoms with van der Waals surface area (Å²) < 4.78 is 0.995. The number of carbonyl (C=O) groups is 3. The van der Waals surface area contributed by atoms with Crippen LogP contribution in [0.5, 0.6) is 0 Å². The first-order valence-corrected chi connectivity index (χ1v) is 9.37. The topological polar surface area (TPSA) is 79.4 Å². The number of hydrogen-bond acceptors (Lipinski definition) is 5. The number of fused-ring (bicyclic) bond motifs is 2. The van der Waals surface area contributed by atoms with Crippen molar-refractivity contribution in [2.45, 2.75) is 32.6 Å². The van der Waals surface area contributed by atoms with Crippen molar-refractivity contribution in [3.63, 3.8) is 0 Å². The van der Waals surface area contributed by atoms with E-state index in [-0.39, 0.29) is 36.1 Å². The quantitative estimate of drug-likeness (QED) is 0.857. The molecule has 0 radical (unpaired) electrons. The lowest BCUT2D eigenvalue weighted by Crippen LogP contribution is -2.38. The maximum atomic E-state index is 12.4. The summed E-state index contributed by atoms with van der Waals surface area (Å²) in [6.07, 6.45) is 3.46. The predicted octanol–water partition coefficient (Wildman–Crippen LogP) is 2.72. The van der Waals surface area contributed by atoms with Gasteiger partial charge in [0, 0.05) is 0 Å². The molecule has 1 aromatic carbocycles. The van der Waals surface area contributed by atoms with Crippen molar-refractivity contribution in [1.29, 1.82) is 0 Å². The van der Waals surface area contributed by atoms with Crippen molar-refractivity contribution in [3.05, 3.63) is 23.8 Å². The number of anilines is 1. The first-order chi connectivity index (χ1) is 12.0. The molecule has 3 amide bonds. The van der Waals surface area contributed by atoms with Gasteiger partial charge in [-0.1, -0.05) is 36.3 Å². The Hall–Kier alpha value is -2.28. The number of likely N-dealkylation sites (tertiary alicyclic amines) is 1. The zero-order valence-electron chi connectivity index (χ0n) is 13.9. The van der Waals surface area contributed by atoms with Crippen LogP contribution in [0.25, 0.3) is 10.2 Å². The lowest BCUT2D eigenvalue weighted by Gasteiger charge is -2.19. The van der Waals surface area contributed by atoms with Crippen molar-refractivity contribution in [2.24, 2.45) is 11.8 Å². The van der Waals surface area contributed by atoms with Gasteiger partial charge in [0.05, 0.1) is 22.1 Å². The average molecular weight is 357 g/mol. The minimum Gasteiger partial charge on any atom is -0.300 e. The molecule has 1 saturated heterocycles. The third-order valence-electron chi connectivity index (χ3n) is 5.10. The van der Waals surface area contributed by atoms with E-state index in [0.717, 1.165) is 46.4 Å². The second-order valence-electron chi connectivity index (χ2n) is 6.75. The summed E-state index contributed by atoms with van der Waals surface area (Å²) in [5, 5.41) is 3.22. The molecule has 2 aliphatic rings. The number of rotatable bonds is 3. The maximum absolute atomic E-state index is 12.4. The molecular formula is C18H19N3O3S. The van der Waals surface area contributed by atoms with Gasteiger partial charge in [-0.2, -0.15) is 0 Å². The third kappa shape index (κ3) is 2.82. The summed E-state index contributed by atoms with van der Waals surface area (Å²) in [7, 11) is 0. The number of nitrogens with zero attached hydrogens (tertiary/aromatic N) is 2. The summed E-state index contributed by atoms with van der Waals surface area (Å²) in [5.74, 6) is -1.20. The summed E-state index contributed by atoms with van der Waals surface area (Å²) in [6.45, 7) is 1.75. The molecule has 1 saturated carbocycles. The number of aromatic nitrogens is 1. The van der Waals surface area contributed by atoms with Crippen LogP contribution in [0.4, 0.5) is 5.13 Å². The first kappa shape index (κ1) is 16.2. The molecule has 1 aliphatic heterocycles. The molecule has 1 aliphatic carbocycles. The van der Waals surface area contributed by atoms with E-state index in [1.807, 2.05) is 25.1 Å². The number of thiazole rings is 1. The van der Waals surface area contributed by atoms with Gasteiger partial charge in [0.15, 0.2) is 5.13 Å². The zero-order chi connectivity index (χ0) is 17.6. The molecule has 25 heavy (non-hydrogen) atoms. The Kier molecular flexibility index (Phi) is 4.03. The molecule has 1 aromatic heterocycles. The largest absolute Gasteiger partial charge is 0.300 e. The van der Waals surface area contributed by atoms with Crippen LogP contribution in [-0.2, 0) is 14.4 Å². The summed E-state index contributed by atoms with van der Waals surface area (Å²) in [6, 6.07) is 5.87. The van der Waals surface area contributed by atoms with Crippen molar-refractivity contribution in [3.8, 4) is 0 Å². The SMILES string of the molecule is Cc1cccc2sc(NC(=O)CN3C(=O)[C@H]4CCCC[C@@H]4C3=O)nc12. The number of carbonyl (C=O) groups excluding carboxylic acids is 3. The van der Waals surface area contributed by atoms with E-state index in [1.54, 1.807) is 0 Å². The fraction of sp³-hybridized carbons (Fsp3) is 0.444. The van der Waals surface area contributed by atoms with Crippen LogP contribution >= 0.6 is 11.3 Å². The van der Waals surface area contributed by atoms with Crippen LogP contribution in [0.15, 0.2) is 18.2 Å². The molecule has 0 unspecified atom stereocenters. The van der Waals surface area contributed by atoms with Crippen molar-refractivity contribution >= 4 is 44.4 Å². The van der Waals surface area contributed by atoms with E-state index in [4.69, 9.17) is 0 Å². The Morgan fingerprint density at radius 2 is 1.92 bits per heavy atom. The summed E-state index contributed by atoms with van der Waals surface area (Å²) >= 11 is 1.39. The number of amides is 3. The summed E-state index contributed by atoms with van der Waals surface area (Å²) in [4.78, 5) is 42.8. The van der Waals surface area contributed by atoms with Crippen molar-refractivity contribution in [1.82, 2.24) is 9.88 Å². The number of benzene rings is 1. The van der Waals surface area contributed by atoms with Crippen molar-refractivity contribution in [2.75, 3.05) is 11.9 Å². The molecule has 2 aromatic rings. The lowest BCUT2D eigenvalue weighted by atomic mass is 9.81. The van der Waals surface area contributed by atoms with Crippen LogP contribution in [0.3, 0.4) is 0 Å². The van der Waals surface area contributed by atoms with E-state index in [9.17, 15) is 14.4 Å². The Morgan fingerprint density at radius 3 is 2.56 bits per heavy atom. The Morgan fingerprint density at radius 1 is 1.24 bits per heavy atom. The minimum absolute atomic E-state index is 0.190. The first-order valence-electron chi connectivity index (χ1n) is 8.56. The maximum Gasteiger partial charge on any atom is 0.246 e. The highest BCUT2D eigenvalue weighted by Crippen LogP contribution is 2.38. The highest BCUT2D eigenvalue weighted by atomic mass is 32.1. The van der Waals surface area contributed by atoms with Crippen LogP contribution in [0.1, 0.15) is 31.2 Å². The van der Waals surface area contributed by atoms with Crippen LogP contribution in [0, 0.1) is 18.8 Å². The van der Waals surface area contributed by atoms with E-state index in [1.165, 1.54) is 11.3 Å². The zero-order valence-corrected chi connectivity index (χ0v) is 14.8. The lowest BCUT2D eigenvalue weighted by molar-refractivity contribution is -0.142. The highest BCUT2D eigenvalue weighted by Gasteiger charge is 2.48. The molecule has 7 heteroatoms. The highest BCUT2D eigenvalue weighted by molar-refractivity contribution is 7.22. The molecular weight excluding hydrogens is 338 g/mol. The second-order valence-corrected chi connectivity index (χ2v) is 7.78. The van der Waals surface area contributed by atoms with E-state index >= 15 is 0 Å². The number of imide groups is 1. The van der Waals surface area contributed by atoms with Gasteiger partial charge >= 0.3 is 0 Å². The van der Waals surface area contributed by atoms with Crippen LogP contribution in [-0.4, -0.2) is 34.2 Å². The predicted molar refractivity (Wildman–Crippen MR) is 95.2 cm³/mol. The number of nitrogens with one attached hydrogen (secondary N) is 1. The van der Waals surface area contributed by atoms with Gasteiger partial charge in [-0.3, -0.25) is 19.3 Å². The molecule has 1 N–H and O–H groups in total. The van der Waals surface area contributed by atoms with Crippen LogP contribution < -0.4 is 5.32 Å². The molecule has 2 atom stereocenters. The minimum atomic E-state index is -0.378. The van der Waals surface area contributed by atoms with Gasteiger partial charge in [-0.05, 0) is 31.4 Å². The van der Waals surface area contributed by atoms with E-state index < -0.39 is 0 Å². The van der Waals surface area contributed by atoms with Gasteiger partial charge in [0.2, 0.25) is 17.7 Å². The monoisotopic (exact) mass is 357 g/mol. The summed E-state index contributed by atoms with van der Waals surface area (Å²) in [5.41, 5.74) is 1.91. The number of aryl methyl sites for hydroxylation is 1. The number of para-hydroxylation sites is 1. The smallest absolute Gasteiger partial charge is 0.246 e. The Labute approximate surface area is 149 Å². The third-order valence-corrected chi connectivity index (χ3v) is 6.04. The van der Waals surface area contributed by atoms with Gasteiger partial charge in [-0.15, -0.1) is 0 Å². The van der Waals surface area contributed by atoms with E-state index in [0.29, 0.717) is 5.13 Å². The normalized spacial score (nSPS) is 23.2. The van der Waals surface area contributed by atoms with Gasteiger partial charge < -0.3 is 5.32 Å². The molecule has 6 nitrogen and oxygen atoms in total. The van der Waals surface area contributed by atoms with Gasteiger partial charge in [0.1, 0.15) is 6.54 Å². The molecule has 0 spiro atoms. The van der Waals surface area contributed by atoms with Crippen LogP contribution in [0.2, 0.25) is 0 Å². The molecule has 2 fully saturated rings. The van der Waals surface area contributed by atoms with Gasteiger partial charge in [0.25, 0.3) is 0 Å². The number of hydrogen-bond donors (Lipinski definition) is 1. The fourth-order valence-electron chi connectivity index (χ4n) is 3.83. The second kappa shape index (κ2) is 6.22. The standard InChI is InChI=1S/C18H19N3O3S/c1-10-5-4-8-13-15(10)20-18(25-13)19-14(22)9-21-16(23)11-6-2-3-7-12(11)17(21)24/h4-5,8,11-12H,2-3,6-7,9H2,1H3,(H,19,20,22)/t11-,12-/m0/s1. The molecule has 130 valence electrons. The molecule has 0 bridgehead atoms. The average Bonchev–Trinajstić information content (AvgIpc) is 3.11. The Balaban J connectivity index is 1.47. The van der Waals surface area contributed by atoms with Gasteiger partial charge in [-0.25, -0.2) is 4.98 Å². The van der Waals surface area contributed by atoms with E-state index in [2.05, 4.69) is 10.3 Å². The Bertz CT molecular complexity index is 852. The van der Waals surface area contributed by atoms with Crippen molar-refractivity contribution < 1.29 is 14.4 Å². The fourth-order valence-corrected chi connectivity index (χ4v) is 4.79. The molecule has 4 rings (SSSR count).